The highest BCUT2D eigenvalue weighted by atomic mass is 16.5. The Morgan fingerprint density at radius 2 is 1.65 bits per heavy atom. The van der Waals surface area contributed by atoms with E-state index < -0.39 is 5.97 Å². The minimum atomic E-state index is -0.494. The number of amides is 1. The maximum Gasteiger partial charge on any atom is 0.338 e. The second kappa shape index (κ2) is 7.58. The Morgan fingerprint density at radius 3 is 2.30 bits per heavy atom. The van der Waals surface area contributed by atoms with E-state index in [0.717, 1.165) is 11.1 Å². The fourth-order valence-electron chi connectivity index (χ4n) is 2.07. The van der Waals surface area contributed by atoms with Gasteiger partial charge in [0, 0.05) is 6.54 Å². The molecule has 0 radical (unpaired) electrons. The fourth-order valence-corrected chi connectivity index (χ4v) is 2.07. The zero-order valence-electron chi connectivity index (χ0n) is 13.7. The number of hydrogen-bond donors (Lipinski definition) is 1. The van der Waals surface area contributed by atoms with Gasteiger partial charge in [0.15, 0.2) is 6.61 Å². The summed E-state index contributed by atoms with van der Waals surface area (Å²) in [6.07, 6.45) is 0. The molecule has 2 aromatic rings. The number of aryl methyl sites for hydroxylation is 3. The van der Waals surface area contributed by atoms with Crippen LogP contribution in [0.3, 0.4) is 0 Å². The third-order valence-corrected chi connectivity index (χ3v) is 3.68. The molecule has 0 aliphatic carbocycles. The van der Waals surface area contributed by atoms with E-state index in [4.69, 9.17) is 4.74 Å². The van der Waals surface area contributed by atoms with Crippen molar-refractivity contribution in [3.63, 3.8) is 0 Å². The maximum absolute atomic E-state index is 11.8. The summed E-state index contributed by atoms with van der Waals surface area (Å²) in [4.78, 5) is 23.6. The lowest BCUT2D eigenvalue weighted by atomic mass is 10.1. The number of ether oxygens (including phenoxy) is 1. The molecule has 1 amide bonds. The largest absolute Gasteiger partial charge is 0.452 e. The van der Waals surface area contributed by atoms with Crippen LogP contribution in [0.5, 0.6) is 0 Å². The van der Waals surface area contributed by atoms with E-state index in [9.17, 15) is 9.59 Å². The highest BCUT2D eigenvalue weighted by Crippen LogP contribution is 2.09. The lowest BCUT2D eigenvalue weighted by molar-refractivity contribution is -0.124. The molecule has 4 nitrogen and oxygen atoms in total. The molecule has 1 N–H and O–H groups in total. The molecule has 0 spiro atoms. The van der Waals surface area contributed by atoms with Gasteiger partial charge >= 0.3 is 5.97 Å². The van der Waals surface area contributed by atoms with Crippen LogP contribution in [0.4, 0.5) is 0 Å². The van der Waals surface area contributed by atoms with E-state index in [1.54, 1.807) is 12.1 Å². The highest BCUT2D eigenvalue weighted by Gasteiger charge is 2.09. The summed E-state index contributed by atoms with van der Waals surface area (Å²) in [5.74, 6) is -0.810. The minimum Gasteiger partial charge on any atom is -0.452 e. The first-order valence-electron chi connectivity index (χ1n) is 7.52. The van der Waals surface area contributed by atoms with Crippen LogP contribution in [-0.2, 0) is 16.1 Å². The molecular formula is C19H21NO3. The highest BCUT2D eigenvalue weighted by molar-refractivity contribution is 5.91. The molecule has 0 fully saturated rings. The molecule has 2 rings (SSSR count). The van der Waals surface area contributed by atoms with Gasteiger partial charge in [0.2, 0.25) is 0 Å². The molecular weight excluding hydrogens is 290 g/mol. The van der Waals surface area contributed by atoms with E-state index in [0.29, 0.717) is 12.1 Å². The molecule has 0 bridgehead atoms. The molecule has 2 aromatic carbocycles. The Morgan fingerprint density at radius 1 is 0.957 bits per heavy atom. The van der Waals surface area contributed by atoms with Gasteiger partial charge in [-0.1, -0.05) is 35.9 Å². The van der Waals surface area contributed by atoms with Crippen molar-refractivity contribution >= 4 is 11.9 Å². The van der Waals surface area contributed by atoms with Gasteiger partial charge in [0.1, 0.15) is 0 Å². The second-order valence-corrected chi connectivity index (χ2v) is 5.64. The van der Waals surface area contributed by atoms with E-state index in [1.807, 2.05) is 51.1 Å². The molecule has 0 atom stereocenters. The number of nitrogens with one attached hydrogen (secondary N) is 1. The molecule has 23 heavy (non-hydrogen) atoms. The first-order chi connectivity index (χ1) is 11.0. The van der Waals surface area contributed by atoms with E-state index in [2.05, 4.69) is 5.32 Å². The van der Waals surface area contributed by atoms with Crippen molar-refractivity contribution in [2.24, 2.45) is 0 Å². The standard InChI is InChI=1S/C19H21NO3/c1-13-4-8-17(9-5-13)19(22)23-12-18(21)20-11-16-7-6-14(2)15(3)10-16/h4-10H,11-12H2,1-3H3,(H,20,21). The van der Waals surface area contributed by atoms with E-state index in [1.165, 1.54) is 11.1 Å². The number of carbonyl (C=O) groups is 2. The molecule has 0 heterocycles. The molecule has 120 valence electrons. The predicted molar refractivity (Wildman–Crippen MR) is 89.2 cm³/mol. The smallest absolute Gasteiger partial charge is 0.338 e. The van der Waals surface area contributed by atoms with Gasteiger partial charge < -0.3 is 10.1 Å². The molecule has 0 unspecified atom stereocenters. The Bertz CT molecular complexity index is 705. The first kappa shape index (κ1) is 16.7. The second-order valence-electron chi connectivity index (χ2n) is 5.64. The monoisotopic (exact) mass is 311 g/mol. The normalized spacial score (nSPS) is 10.2. The third-order valence-electron chi connectivity index (χ3n) is 3.68. The topological polar surface area (TPSA) is 55.4 Å². The molecule has 0 aliphatic heterocycles. The van der Waals surface area contributed by atoms with E-state index >= 15 is 0 Å². The van der Waals surface area contributed by atoms with Gasteiger partial charge in [-0.25, -0.2) is 4.79 Å². The average Bonchev–Trinajstić information content (AvgIpc) is 2.54. The third kappa shape index (κ3) is 4.95. The van der Waals surface area contributed by atoms with Gasteiger partial charge in [-0.05, 0) is 49.6 Å². The first-order valence-corrected chi connectivity index (χ1v) is 7.52. The van der Waals surface area contributed by atoms with Crippen LogP contribution in [0, 0.1) is 20.8 Å². The van der Waals surface area contributed by atoms with Crippen LogP contribution in [0.15, 0.2) is 42.5 Å². The lowest BCUT2D eigenvalue weighted by Crippen LogP contribution is -2.28. The molecule has 0 aliphatic rings. The number of rotatable bonds is 5. The van der Waals surface area contributed by atoms with Crippen LogP contribution >= 0.6 is 0 Å². The summed E-state index contributed by atoms with van der Waals surface area (Å²) in [6, 6.07) is 13.1. The van der Waals surface area contributed by atoms with Gasteiger partial charge in [-0.2, -0.15) is 0 Å². The predicted octanol–water partition coefficient (Wildman–Crippen LogP) is 3.09. The average molecular weight is 311 g/mol. The zero-order valence-corrected chi connectivity index (χ0v) is 13.7. The Hall–Kier alpha value is -2.62. The number of esters is 1. The Kier molecular flexibility index (Phi) is 5.52. The SMILES string of the molecule is Cc1ccc(C(=O)OCC(=O)NCc2ccc(C)c(C)c2)cc1. The van der Waals surface area contributed by atoms with Crippen molar-refractivity contribution in [2.75, 3.05) is 6.61 Å². The quantitative estimate of drug-likeness (QED) is 0.863. The number of carbonyl (C=O) groups excluding carboxylic acids is 2. The molecule has 0 aromatic heterocycles. The van der Waals surface area contributed by atoms with E-state index in [-0.39, 0.29) is 12.5 Å². The summed E-state index contributed by atoms with van der Waals surface area (Å²) in [7, 11) is 0. The number of benzene rings is 2. The van der Waals surface area contributed by atoms with Gasteiger partial charge in [-0.3, -0.25) is 4.79 Å². The van der Waals surface area contributed by atoms with Crippen LogP contribution in [-0.4, -0.2) is 18.5 Å². The molecule has 0 saturated heterocycles. The van der Waals surface area contributed by atoms with Crippen molar-refractivity contribution in [3.8, 4) is 0 Å². The van der Waals surface area contributed by atoms with Crippen LogP contribution in [0.2, 0.25) is 0 Å². The summed E-state index contributed by atoms with van der Waals surface area (Å²) < 4.78 is 5.01. The van der Waals surface area contributed by atoms with Gasteiger partial charge in [0.05, 0.1) is 5.56 Å². The fraction of sp³-hybridized carbons (Fsp3) is 0.263. The Labute approximate surface area is 136 Å². The van der Waals surface area contributed by atoms with Crippen LogP contribution < -0.4 is 5.32 Å². The molecule has 0 saturated carbocycles. The minimum absolute atomic E-state index is 0.280. The van der Waals surface area contributed by atoms with Gasteiger partial charge in [0.25, 0.3) is 5.91 Å². The summed E-state index contributed by atoms with van der Waals surface area (Å²) in [5, 5.41) is 2.75. The zero-order chi connectivity index (χ0) is 16.8. The summed E-state index contributed by atoms with van der Waals surface area (Å²) >= 11 is 0. The lowest BCUT2D eigenvalue weighted by Gasteiger charge is -2.08. The van der Waals surface area contributed by atoms with Crippen molar-refractivity contribution in [1.82, 2.24) is 5.32 Å². The number of hydrogen-bond acceptors (Lipinski definition) is 3. The summed E-state index contributed by atoms with van der Waals surface area (Å²) in [6.45, 7) is 6.15. The van der Waals surface area contributed by atoms with Crippen molar-refractivity contribution < 1.29 is 14.3 Å². The maximum atomic E-state index is 11.8. The van der Waals surface area contributed by atoms with Crippen LogP contribution in [0.1, 0.15) is 32.6 Å². The van der Waals surface area contributed by atoms with Crippen molar-refractivity contribution in [2.45, 2.75) is 27.3 Å². The molecule has 4 heteroatoms. The van der Waals surface area contributed by atoms with Crippen LogP contribution in [0.25, 0.3) is 0 Å². The van der Waals surface area contributed by atoms with Gasteiger partial charge in [-0.15, -0.1) is 0 Å². The van der Waals surface area contributed by atoms with Crippen molar-refractivity contribution in [1.29, 1.82) is 0 Å². The van der Waals surface area contributed by atoms with Crippen molar-refractivity contribution in [3.05, 3.63) is 70.3 Å². The Balaban J connectivity index is 1.79. The summed E-state index contributed by atoms with van der Waals surface area (Å²) in [5.41, 5.74) is 4.92.